The van der Waals surface area contributed by atoms with E-state index < -0.39 is 0 Å². The first kappa shape index (κ1) is 19.3. The van der Waals surface area contributed by atoms with Gasteiger partial charge in [0.1, 0.15) is 11.5 Å². The normalized spacial score (nSPS) is 16.0. The molecular weight excluding hydrogens is 342 g/mol. The average molecular weight is 366 g/mol. The molecular formula is C18H24ClN3O3. The van der Waals surface area contributed by atoms with Crippen molar-refractivity contribution < 1.29 is 13.9 Å². The smallest absolute Gasteiger partial charge is 0.251 e. The van der Waals surface area contributed by atoms with E-state index in [4.69, 9.17) is 14.9 Å². The number of benzene rings is 1. The van der Waals surface area contributed by atoms with E-state index in [1.54, 1.807) is 24.3 Å². The Hall–Kier alpha value is -2.02. The van der Waals surface area contributed by atoms with Gasteiger partial charge in [0.05, 0.1) is 19.3 Å². The van der Waals surface area contributed by atoms with Crippen LogP contribution in [-0.2, 0) is 4.74 Å². The van der Waals surface area contributed by atoms with Gasteiger partial charge >= 0.3 is 0 Å². The van der Waals surface area contributed by atoms with E-state index in [2.05, 4.69) is 10.2 Å². The fraction of sp³-hybridized carbons (Fsp3) is 0.389. The molecule has 1 aliphatic heterocycles. The Labute approximate surface area is 153 Å². The van der Waals surface area contributed by atoms with Gasteiger partial charge in [-0.15, -0.1) is 12.4 Å². The van der Waals surface area contributed by atoms with Gasteiger partial charge in [-0.3, -0.25) is 9.69 Å². The third-order valence-corrected chi connectivity index (χ3v) is 4.20. The molecule has 136 valence electrons. The van der Waals surface area contributed by atoms with Crippen molar-refractivity contribution in [2.45, 2.75) is 13.0 Å². The summed E-state index contributed by atoms with van der Waals surface area (Å²) < 4.78 is 11.2. The predicted octanol–water partition coefficient (Wildman–Crippen LogP) is 2.40. The number of hydrogen-bond donors (Lipinski definition) is 2. The van der Waals surface area contributed by atoms with Crippen LogP contribution in [0.1, 0.15) is 27.9 Å². The topological polar surface area (TPSA) is 80.7 Å². The molecule has 6 nitrogen and oxygen atoms in total. The lowest BCUT2D eigenvalue weighted by Gasteiger charge is -2.33. The molecule has 3 N–H and O–H groups in total. The fourth-order valence-electron chi connectivity index (χ4n) is 2.86. The lowest BCUT2D eigenvalue weighted by Crippen LogP contribution is -2.43. The second-order valence-corrected chi connectivity index (χ2v) is 5.94. The summed E-state index contributed by atoms with van der Waals surface area (Å²) >= 11 is 0. The molecule has 0 aliphatic carbocycles. The van der Waals surface area contributed by atoms with E-state index in [9.17, 15) is 4.79 Å². The Balaban J connectivity index is 0.00000225. The molecule has 1 atom stereocenters. The molecule has 0 spiro atoms. The van der Waals surface area contributed by atoms with Crippen LogP contribution in [-0.4, -0.2) is 43.7 Å². The molecule has 1 aromatic heterocycles. The number of rotatable bonds is 5. The van der Waals surface area contributed by atoms with Gasteiger partial charge in [-0.25, -0.2) is 0 Å². The first-order valence-electron chi connectivity index (χ1n) is 8.15. The summed E-state index contributed by atoms with van der Waals surface area (Å²) in [5, 5.41) is 3.00. The molecule has 1 fully saturated rings. The summed E-state index contributed by atoms with van der Waals surface area (Å²) in [5.74, 6) is 1.62. The standard InChI is InChI=1S/C18H23N3O3.ClH/c1-13-2-7-17(24-13)16(21-8-10-23-11-9-21)12-20-18(22)14-3-5-15(19)6-4-14;/h2-7,16H,8-12,19H2,1H3,(H,20,22);1H. The van der Waals surface area contributed by atoms with Crippen LogP contribution in [0.15, 0.2) is 40.8 Å². The number of carbonyl (C=O) groups excluding carboxylic acids is 1. The van der Waals surface area contributed by atoms with Crippen molar-refractivity contribution in [3.05, 3.63) is 53.5 Å². The summed E-state index contributed by atoms with van der Waals surface area (Å²) in [7, 11) is 0. The van der Waals surface area contributed by atoms with E-state index in [1.165, 1.54) is 0 Å². The molecule has 1 unspecified atom stereocenters. The largest absolute Gasteiger partial charge is 0.465 e. The minimum absolute atomic E-state index is 0. The lowest BCUT2D eigenvalue weighted by molar-refractivity contribution is 0.0117. The highest BCUT2D eigenvalue weighted by Crippen LogP contribution is 2.23. The number of furan rings is 1. The third kappa shape index (κ3) is 4.98. The molecule has 0 saturated carbocycles. The summed E-state index contributed by atoms with van der Waals surface area (Å²) in [5.41, 5.74) is 6.90. The van der Waals surface area contributed by atoms with Gasteiger partial charge in [0.15, 0.2) is 0 Å². The van der Waals surface area contributed by atoms with Crippen LogP contribution in [0, 0.1) is 6.92 Å². The van der Waals surface area contributed by atoms with Gasteiger partial charge < -0.3 is 20.2 Å². The minimum atomic E-state index is -0.114. The van der Waals surface area contributed by atoms with Gasteiger partial charge in [-0.05, 0) is 43.3 Å². The second-order valence-electron chi connectivity index (χ2n) is 5.94. The molecule has 3 rings (SSSR count). The molecule has 1 saturated heterocycles. The monoisotopic (exact) mass is 365 g/mol. The third-order valence-electron chi connectivity index (χ3n) is 4.20. The van der Waals surface area contributed by atoms with Crippen molar-refractivity contribution >= 4 is 24.0 Å². The zero-order chi connectivity index (χ0) is 16.9. The van der Waals surface area contributed by atoms with Gasteiger partial charge in [-0.2, -0.15) is 0 Å². The summed E-state index contributed by atoms with van der Waals surface area (Å²) in [6.07, 6.45) is 0. The first-order valence-corrected chi connectivity index (χ1v) is 8.15. The van der Waals surface area contributed by atoms with Gasteiger partial charge in [-0.1, -0.05) is 0 Å². The molecule has 1 amide bonds. The van der Waals surface area contributed by atoms with E-state index in [-0.39, 0.29) is 24.4 Å². The van der Waals surface area contributed by atoms with Crippen LogP contribution >= 0.6 is 12.4 Å². The molecule has 0 radical (unpaired) electrons. The van der Waals surface area contributed by atoms with Gasteiger partial charge in [0.25, 0.3) is 5.91 Å². The summed E-state index contributed by atoms with van der Waals surface area (Å²) in [6, 6.07) is 10.8. The highest BCUT2D eigenvalue weighted by atomic mass is 35.5. The Morgan fingerprint density at radius 1 is 1.20 bits per heavy atom. The average Bonchev–Trinajstić information content (AvgIpc) is 3.02. The molecule has 7 heteroatoms. The van der Waals surface area contributed by atoms with Crippen LogP contribution in [0.2, 0.25) is 0 Å². The number of nitrogens with one attached hydrogen (secondary N) is 1. The highest BCUT2D eigenvalue weighted by Gasteiger charge is 2.25. The van der Waals surface area contributed by atoms with Crippen molar-refractivity contribution in [1.29, 1.82) is 0 Å². The Morgan fingerprint density at radius 2 is 1.88 bits per heavy atom. The zero-order valence-corrected chi connectivity index (χ0v) is 15.1. The van der Waals surface area contributed by atoms with E-state index in [0.29, 0.717) is 31.0 Å². The second kappa shape index (κ2) is 8.89. The number of nitrogen functional groups attached to an aromatic ring is 1. The van der Waals surface area contributed by atoms with Crippen LogP contribution in [0.4, 0.5) is 5.69 Å². The summed E-state index contributed by atoms with van der Waals surface area (Å²) in [6.45, 7) is 5.44. The van der Waals surface area contributed by atoms with Crippen molar-refractivity contribution in [3.8, 4) is 0 Å². The maximum absolute atomic E-state index is 12.4. The van der Waals surface area contributed by atoms with Crippen molar-refractivity contribution in [1.82, 2.24) is 10.2 Å². The van der Waals surface area contributed by atoms with E-state index in [0.717, 1.165) is 24.6 Å². The Bertz CT molecular complexity index is 681. The van der Waals surface area contributed by atoms with Crippen molar-refractivity contribution in [3.63, 3.8) is 0 Å². The van der Waals surface area contributed by atoms with E-state index >= 15 is 0 Å². The number of nitrogens with zero attached hydrogens (tertiary/aromatic N) is 1. The molecule has 1 aliphatic rings. The number of nitrogens with two attached hydrogens (primary N) is 1. The molecule has 1 aromatic carbocycles. The van der Waals surface area contributed by atoms with Crippen molar-refractivity contribution in [2.75, 3.05) is 38.6 Å². The van der Waals surface area contributed by atoms with Gasteiger partial charge in [0, 0.05) is 30.9 Å². The Kier molecular flexibility index (Phi) is 6.87. The quantitative estimate of drug-likeness (QED) is 0.795. The van der Waals surface area contributed by atoms with Crippen LogP contribution < -0.4 is 11.1 Å². The van der Waals surface area contributed by atoms with Crippen LogP contribution in [0.5, 0.6) is 0 Å². The number of carbonyl (C=O) groups is 1. The number of amides is 1. The van der Waals surface area contributed by atoms with Gasteiger partial charge in [0.2, 0.25) is 0 Å². The molecule has 0 bridgehead atoms. The number of anilines is 1. The predicted molar refractivity (Wildman–Crippen MR) is 99.0 cm³/mol. The van der Waals surface area contributed by atoms with E-state index in [1.807, 2.05) is 19.1 Å². The van der Waals surface area contributed by atoms with Crippen LogP contribution in [0.25, 0.3) is 0 Å². The van der Waals surface area contributed by atoms with Crippen LogP contribution in [0.3, 0.4) is 0 Å². The SMILES string of the molecule is Cc1ccc(C(CNC(=O)c2ccc(N)cc2)N2CCOCC2)o1.Cl. The number of ether oxygens (including phenoxy) is 1. The Morgan fingerprint density at radius 3 is 2.48 bits per heavy atom. The maximum atomic E-state index is 12.4. The number of halogens is 1. The highest BCUT2D eigenvalue weighted by molar-refractivity contribution is 5.94. The first-order chi connectivity index (χ1) is 11.6. The zero-order valence-electron chi connectivity index (χ0n) is 14.2. The fourth-order valence-corrected chi connectivity index (χ4v) is 2.86. The number of morpholine rings is 1. The molecule has 25 heavy (non-hydrogen) atoms. The molecule has 2 heterocycles. The lowest BCUT2D eigenvalue weighted by atomic mass is 10.1. The number of aryl methyl sites for hydroxylation is 1. The molecule has 2 aromatic rings. The van der Waals surface area contributed by atoms with Crippen molar-refractivity contribution in [2.24, 2.45) is 0 Å². The minimum Gasteiger partial charge on any atom is -0.465 e. The summed E-state index contributed by atoms with van der Waals surface area (Å²) in [4.78, 5) is 14.6. The maximum Gasteiger partial charge on any atom is 0.251 e. The number of hydrogen-bond acceptors (Lipinski definition) is 5.